The molecule has 124 valence electrons. The molecule has 0 aliphatic carbocycles. The number of carbonyl (C=O) groups is 1. The van der Waals surface area contributed by atoms with Gasteiger partial charge in [0.05, 0.1) is 16.3 Å². The van der Waals surface area contributed by atoms with Crippen molar-refractivity contribution >= 4 is 39.7 Å². The molecule has 0 saturated heterocycles. The molecule has 1 aromatic carbocycles. The fourth-order valence-electron chi connectivity index (χ4n) is 2.08. The fraction of sp³-hybridized carbons (Fsp3) is 0.375. The summed E-state index contributed by atoms with van der Waals surface area (Å²) in [4.78, 5) is 20.0. The van der Waals surface area contributed by atoms with Gasteiger partial charge in [-0.3, -0.25) is 4.79 Å². The molecule has 7 heteroatoms. The van der Waals surface area contributed by atoms with Gasteiger partial charge in [0.15, 0.2) is 5.13 Å². The van der Waals surface area contributed by atoms with Crippen molar-refractivity contribution in [3.05, 3.63) is 39.4 Å². The Morgan fingerprint density at radius 3 is 2.74 bits per heavy atom. The van der Waals surface area contributed by atoms with Crippen molar-refractivity contribution in [1.82, 2.24) is 10.3 Å². The van der Waals surface area contributed by atoms with E-state index < -0.39 is 0 Å². The molecule has 1 aromatic heterocycles. The van der Waals surface area contributed by atoms with Crippen LogP contribution in [0.25, 0.3) is 0 Å². The second kappa shape index (κ2) is 7.66. The minimum atomic E-state index is -0.165. The van der Waals surface area contributed by atoms with E-state index in [0.29, 0.717) is 17.1 Å². The third-order valence-corrected chi connectivity index (χ3v) is 5.12. The summed E-state index contributed by atoms with van der Waals surface area (Å²) < 4.78 is 0. The zero-order valence-electron chi connectivity index (χ0n) is 13.7. The Bertz CT molecular complexity index is 699. The molecule has 0 atom stereocenters. The lowest BCUT2D eigenvalue weighted by Gasteiger charge is -2.08. The van der Waals surface area contributed by atoms with Crippen molar-refractivity contribution in [2.75, 3.05) is 37.9 Å². The number of anilines is 2. The maximum absolute atomic E-state index is 12.3. The van der Waals surface area contributed by atoms with Crippen LogP contribution in [0, 0.1) is 6.92 Å². The van der Waals surface area contributed by atoms with Crippen molar-refractivity contribution < 1.29 is 4.79 Å². The lowest BCUT2D eigenvalue weighted by molar-refractivity contribution is 0.0954. The van der Waals surface area contributed by atoms with Gasteiger partial charge in [0.1, 0.15) is 0 Å². The van der Waals surface area contributed by atoms with E-state index in [2.05, 4.69) is 15.6 Å². The summed E-state index contributed by atoms with van der Waals surface area (Å²) in [7, 11) is 5.75. The van der Waals surface area contributed by atoms with Gasteiger partial charge in [-0.05, 0) is 25.1 Å². The third-order valence-electron chi connectivity index (χ3n) is 3.40. The molecule has 1 heterocycles. The summed E-state index contributed by atoms with van der Waals surface area (Å²) in [6.07, 6.45) is 0.756. The van der Waals surface area contributed by atoms with Gasteiger partial charge in [-0.25, -0.2) is 4.98 Å². The molecule has 0 aliphatic heterocycles. The highest BCUT2D eigenvalue weighted by atomic mass is 35.5. The van der Waals surface area contributed by atoms with Crippen molar-refractivity contribution in [3.63, 3.8) is 0 Å². The number of rotatable bonds is 6. The molecule has 0 spiro atoms. The minimum absolute atomic E-state index is 0.165. The quantitative estimate of drug-likeness (QED) is 0.838. The largest absolute Gasteiger partial charge is 0.388 e. The average Bonchev–Trinajstić information content (AvgIpc) is 2.89. The van der Waals surface area contributed by atoms with Crippen LogP contribution in [-0.2, 0) is 6.42 Å². The lowest BCUT2D eigenvalue weighted by Crippen LogP contribution is -2.26. The smallest absolute Gasteiger partial charge is 0.252 e. The Kier molecular flexibility index (Phi) is 5.85. The Hall–Kier alpha value is -1.79. The molecule has 0 radical (unpaired) electrons. The molecule has 2 aromatic rings. The number of aromatic nitrogens is 1. The number of thiazole rings is 1. The highest BCUT2D eigenvalue weighted by Gasteiger charge is 2.12. The van der Waals surface area contributed by atoms with E-state index in [1.807, 2.05) is 32.0 Å². The van der Waals surface area contributed by atoms with Crippen LogP contribution in [0.15, 0.2) is 18.2 Å². The van der Waals surface area contributed by atoms with E-state index in [1.54, 1.807) is 30.5 Å². The molecule has 0 aliphatic rings. The first kappa shape index (κ1) is 17.6. The molecule has 0 saturated carbocycles. The monoisotopic (exact) mass is 352 g/mol. The highest BCUT2D eigenvalue weighted by Crippen LogP contribution is 2.25. The van der Waals surface area contributed by atoms with Crippen molar-refractivity contribution in [1.29, 1.82) is 0 Å². The van der Waals surface area contributed by atoms with Crippen LogP contribution in [0.1, 0.15) is 20.9 Å². The van der Waals surface area contributed by atoms with E-state index in [0.717, 1.165) is 22.9 Å². The van der Waals surface area contributed by atoms with E-state index in [4.69, 9.17) is 11.6 Å². The fourth-order valence-corrected chi connectivity index (χ4v) is 3.26. The van der Waals surface area contributed by atoms with Crippen LogP contribution in [0.5, 0.6) is 0 Å². The predicted octanol–water partition coefficient (Wildman–Crippen LogP) is 3.19. The SMILES string of the molecule is CNc1ccc(Cl)c(C(=O)NCCc2sc(N(C)C)nc2C)c1. The Morgan fingerprint density at radius 2 is 2.13 bits per heavy atom. The lowest BCUT2D eigenvalue weighted by atomic mass is 10.2. The van der Waals surface area contributed by atoms with Crippen molar-refractivity contribution in [2.24, 2.45) is 0 Å². The number of nitrogens with one attached hydrogen (secondary N) is 2. The molecule has 2 rings (SSSR count). The molecule has 0 unspecified atom stereocenters. The molecule has 0 bridgehead atoms. The standard InChI is InChI=1S/C16H21ClN4OS/c1-10-14(23-16(20-10)21(3)4)7-8-19-15(22)12-9-11(18-2)5-6-13(12)17/h5-6,9,18H,7-8H2,1-4H3,(H,19,22). The van der Waals surface area contributed by atoms with Crippen LogP contribution >= 0.6 is 22.9 Å². The summed E-state index contributed by atoms with van der Waals surface area (Å²) in [5, 5.41) is 7.35. The number of amides is 1. The normalized spacial score (nSPS) is 10.5. The van der Waals surface area contributed by atoms with Gasteiger partial charge in [-0.2, -0.15) is 0 Å². The van der Waals surface area contributed by atoms with Gasteiger partial charge < -0.3 is 15.5 Å². The number of halogens is 1. The zero-order chi connectivity index (χ0) is 17.0. The summed E-state index contributed by atoms with van der Waals surface area (Å²) >= 11 is 7.76. The van der Waals surface area contributed by atoms with Gasteiger partial charge in [0, 0.05) is 44.7 Å². The number of benzene rings is 1. The van der Waals surface area contributed by atoms with Crippen molar-refractivity contribution in [3.8, 4) is 0 Å². The Morgan fingerprint density at radius 1 is 1.39 bits per heavy atom. The Balaban J connectivity index is 1.97. The average molecular weight is 353 g/mol. The number of hydrogen-bond acceptors (Lipinski definition) is 5. The van der Waals surface area contributed by atoms with Crippen LogP contribution in [-0.4, -0.2) is 38.6 Å². The van der Waals surface area contributed by atoms with E-state index in [9.17, 15) is 4.79 Å². The maximum atomic E-state index is 12.3. The molecule has 0 fully saturated rings. The van der Waals surface area contributed by atoms with Crippen LogP contribution in [0.2, 0.25) is 5.02 Å². The van der Waals surface area contributed by atoms with E-state index >= 15 is 0 Å². The topological polar surface area (TPSA) is 57.3 Å². The van der Waals surface area contributed by atoms with Crippen LogP contribution in [0.3, 0.4) is 0 Å². The van der Waals surface area contributed by atoms with Gasteiger partial charge in [0.2, 0.25) is 0 Å². The second-order valence-electron chi connectivity index (χ2n) is 5.35. The van der Waals surface area contributed by atoms with Gasteiger partial charge in [0.25, 0.3) is 5.91 Å². The van der Waals surface area contributed by atoms with Gasteiger partial charge in [-0.1, -0.05) is 11.6 Å². The third kappa shape index (κ3) is 4.36. The minimum Gasteiger partial charge on any atom is -0.388 e. The van der Waals surface area contributed by atoms with Crippen LogP contribution < -0.4 is 15.5 Å². The Labute approximate surface area is 145 Å². The molecular formula is C16H21ClN4OS. The summed E-state index contributed by atoms with van der Waals surface area (Å²) in [6, 6.07) is 5.31. The summed E-state index contributed by atoms with van der Waals surface area (Å²) in [5.74, 6) is -0.165. The summed E-state index contributed by atoms with van der Waals surface area (Å²) in [5.41, 5.74) is 2.35. The first-order valence-corrected chi connectivity index (χ1v) is 8.51. The molecule has 2 N–H and O–H groups in total. The number of nitrogens with zero attached hydrogens (tertiary/aromatic N) is 2. The second-order valence-corrected chi connectivity index (χ2v) is 6.82. The molecule has 5 nitrogen and oxygen atoms in total. The number of hydrogen-bond donors (Lipinski definition) is 2. The molecular weight excluding hydrogens is 332 g/mol. The maximum Gasteiger partial charge on any atom is 0.252 e. The van der Waals surface area contributed by atoms with Gasteiger partial charge >= 0.3 is 0 Å². The van der Waals surface area contributed by atoms with Crippen molar-refractivity contribution in [2.45, 2.75) is 13.3 Å². The molecule has 23 heavy (non-hydrogen) atoms. The van der Waals surface area contributed by atoms with E-state index in [1.165, 1.54) is 4.88 Å². The van der Waals surface area contributed by atoms with Crippen LogP contribution in [0.4, 0.5) is 10.8 Å². The first-order chi connectivity index (χ1) is 10.9. The van der Waals surface area contributed by atoms with E-state index in [-0.39, 0.29) is 5.91 Å². The zero-order valence-corrected chi connectivity index (χ0v) is 15.3. The van der Waals surface area contributed by atoms with Gasteiger partial charge in [-0.15, -0.1) is 11.3 Å². The highest BCUT2D eigenvalue weighted by molar-refractivity contribution is 7.15. The number of aryl methyl sites for hydroxylation is 1. The number of carbonyl (C=O) groups excluding carboxylic acids is 1. The predicted molar refractivity (Wildman–Crippen MR) is 98.2 cm³/mol. The molecule has 1 amide bonds. The first-order valence-electron chi connectivity index (χ1n) is 7.31. The summed E-state index contributed by atoms with van der Waals surface area (Å²) in [6.45, 7) is 2.54.